The van der Waals surface area contributed by atoms with E-state index in [9.17, 15) is 13.6 Å². The smallest absolute Gasteiger partial charge is 0.223 e. The molecule has 0 aromatic heterocycles. The molecule has 1 saturated carbocycles. The van der Waals surface area contributed by atoms with Gasteiger partial charge in [-0.25, -0.2) is 13.8 Å². The number of nitrogens with zero attached hydrogens (tertiary/aromatic N) is 1. The molecule has 5 nitrogen and oxygen atoms in total. The van der Waals surface area contributed by atoms with Crippen molar-refractivity contribution in [3.8, 4) is 0 Å². The zero-order valence-corrected chi connectivity index (χ0v) is 13.2. The number of nitrogens with one attached hydrogen (secondary N) is 3. The third-order valence-corrected chi connectivity index (χ3v) is 3.42. The summed E-state index contributed by atoms with van der Waals surface area (Å²) < 4.78 is 26.7. The zero-order valence-electron chi connectivity index (χ0n) is 13.2. The first kappa shape index (κ1) is 17.2. The molecule has 1 aromatic rings. The van der Waals surface area contributed by atoms with Gasteiger partial charge in [0.15, 0.2) is 5.96 Å². The van der Waals surface area contributed by atoms with Crippen molar-refractivity contribution in [3.05, 3.63) is 35.4 Å². The third kappa shape index (κ3) is 5.84. The summed E-state index contributed by atoms with van der Waals surface area (Å²) in [6.45, 7) is 3.60. The Kier molecular flexibility index (Phi) is 6.31. The zero-order chi connectivity index (χ0) is 16.7. The quantitative estimate of drug-likeness (QED) is 0.405. The Morgan fingerprint density at radius 1 is 1.22 bits per heavy atom. The molecule has 2 rings (SSSR count). The van der Waals surface area contributed by atoms with Crippen LogP contribution in [-0.4, -0.2) is 31.5 Å². The van der Waals surface area contributed by atoms with E-state index >= 15 is 0 Å². The molecule has 0 saturated heterocycles. The van der Waals surface area contributed by atoms with Crippen molar-refractivity contribution >= 4 is 11.9 Å². The van der Waals surface area contributed by atoms with Crippen LogP contribution in [-0.2, 0) is 11.3 Å². The van der Waals surface area contributed by atoms with Crippen LogP contribution in [0.4, 0.5) is 8.78 Å². The minimum Gasteiger partial charge on any atom is -0.357 e. The maximum Gasteiger partial charge on any atom is 0.223 e. The molecule has 0 heterocycles. The molecular weight excluding hydrogens is 302 g/mol. The van der Waals surface area contributed by atoms with Crippen LogP contribution in [0.1, 0.15) is 25.3 Å². The molecule has 1 fully saturated rings. The van der Waals surface area contributed by atoms with Gasteiger partial charge in [-0.15, -0.1) is 0 Å². The van der Waals surface area contributed by atoms with Crippen LogP contribution in [0.3, 0.4) is 0 Å². The van der Waals surface area contributed by atoms with Crippen molar-refractivity contribution in [3.63, 3.8) is 0 Å². The molecule has 23 heavy (non-hydrogen) atoms. The van der Waals surface area contributed by atoms with E-state index in [1.54, 1.807) is 0 Å². The first-order valence-electron chi connectivity index (χ1n) is 7.84. The lowest BCUT2D eigenvalue weighted by Gasteiger charge is -2.12. The number of benzene rings is 1. The second-order valence-electron chi connectivity index (χ2n) is 5.42. The highest BCUT2D eigenvalue weighted by molar-refractivity contribution is 5.81. The van der Waals surface area contributed by atoms with Gasteiger partial charge >= 0.3 is 0 Å². The van der Waals surface area contributed by atoms with Crippen LogP contribution in [0.15, 0.2) is 23.2 Å². The number of aliphatic imine (C=N–C) groups is 1. The highest BCUT2D eigenvalue weighted by Crippen LogP contribution is 2.28. The second kappa shape index (κ2) is 8.45. The van der Waals surface area contributed by atoms with Crippen molar-refractivity contribution in [2.75, 3.05) is 19.6 Å². The summed E-state index contributed by atoms with van der Waals surface area (Å²) in [4.78, 5) is 15.7. The molecule has 0 aliphatic heterocycles. The lowest BCUT2D eigenvalue weighted by molar-refractivity contribution is -0.122. The second-order valence-corrected chi connectivity index (χ2v) is 5.42. The average Bonchev–Trinajstić information content (AvgIpc) is 3.36. The fraction of sp³-hybridized carbons (Fsp3) is 0.500. The first-order valence-corrected chi connectivity index (χ1v) is 7.84. The minimum absolute atomic E-state index is 0.0351. The lowest BCUT2D eigenvalue weighted by Crippen LogP contribution is -2.41. The van der Waals surface area contributed by atoms with E-state index in [4.69, 9.17) is 0 Å². The summed E-state index contributed by atoms with van der Waals surface area (Å²) in [5.41, 5.74) is 0.198. The Balaban J connectivity index is 1.81. The van der Waals surface area contributed by atoms with Crippen LogP contribution in [0.5, 0.6) is 0 Å². The predicted molar refractivity (Wildman–Crippen MR) is 84.9 cm³/mol. The van der Waals surface area contributed by atoms with Gasteiger partial charge in [0.05, 0.1) is 6.54 Å². The van der Waals surface area contributed by atoms with E-state index < -0.39 is 11.6 Å². The highest BCUT2D eigenvalue weighted by atomic mass is 19.1. The molecule has 0 unspecified atom stereocenters. The predicted octanol–water partition coefficient (Wildman–Crippen LogP) is 1.55. The number of halogens is 2. The minimum atomic E-state index is -0.489. The van der Waals surface area contributed by atoms with Crippen LogP contribution in [0, 0.1) is 17.6 Å². The molecule has 0 spiro atoms. The van der Waals surface area contributed by atoms with Crippen LogP contribution < -0.4 is 16.0 Å². The Hall–Kier alpha value is -2.18. The fourth-order valence-corrected chi connectivity index (χ4v) is 2.03. The summed E-state index contributed by atoms with van der Waals surface area (Å²) >= 11 is 0. The summed E-state index contributed by atoms with van der Waals surface area (Å²) in [5, 5.41) is 8.91. The van der Waals surface area contributed by atoms with Gasteiger partial charge in [-0.3, -0.25) is 4.79 Å². The topological polar surface area (TPSA) is 65.5 Å². The van der Waals surface area contributed by atoms with Crippen molar-refractivity contribution in [1.82, 2.24) is 16.0 Å². The SMILES string of the molecule is CCNC(=NCc1cc(F)ccc1F)NCCNC(=O)C1CC1. The van der Waals surface area contributed by atoms with E-state index in [2.05, 4.69) is 20.9 Å². The van der Waals surface area contributed by atoms with Gasteiger partial charge in [0, 0.05) is 31.1 Å². The van der Waals surface area contributed by atoms with Gasteiger partial charge in [0.2, 0.25) is 5.91 Å². The summed E-state index contributed by atoms with van der Waals surface area (Å²) in [6, 6.07) is 3.31. The van der Waals surface area contributed by atoms with Gasteiger partial charge in [0.1, 0.15) is 11.6 Å². The number of carbonyl (C=O) groups is 1. The number of amides is 1. The Bertz CT molecular complexity index is 573. The molecule has 0 bridgehead atoms. The van der Waals surface area contributed by atoms with Crippen molar-refractivity contribution in [2.45, 2.75) is 26.3 Å². The average molecular weight is 324 g/mol. The monoisotopic (exact) mass is 324 g/mol. The maximum absolute atomic E-state index is 13.6. The normalized spacial score (nSPS) is 14.5. The summed E-state index contributed by atoms with van der Waals surface area (Å²) in [6.07, 6.45) is 1.95. The molecule has 0 radical (unpaired) electrons. The van der Waals surface area contributed by atoms with E-state index in [-0.39, 0.29) is 23.9 Å². The van der Waals surface area contributed by atoms with Gasteiger partial charge in [-0.2, -0.15) is 0 Å². The standard InChI is InChI=1S/C16H22F2N4O/c1-2-19-16(21-8-7-20-15(23)11-3-4-11)22-10-12-9-13(17)5-6-14(12)18/h5-6,9,11H,2-4,7-8,10H2,1H3,(H,20,23)(H2,19,21,22). The van der Waals surface area contributed by atoms with E-state index in [0.717, 1.165) is 31.0 Å². The Morgan fingerprint density at radius 2 is 1.96 bits per heavy atom. The van der Waals surface area contributed by atoms with Crippen molar-refractivity contribution < 1.29 is 13.6 Å². The van der Waals surface area contributed by atoms with Gasteiger partial charge in [-0.05, 0) is 38.0 Å². The summed E-state index contributed by atoms with van der Waals surface area (Å²) in [7, 11) is 0. The molecule has 1 aliphatic rings. The van der Waals surface area contributed by atoms with E-state index in [0.29, 0.717) is 25.6 Å². The highest BCUT2D eigenvalue weighted by Gasteiger charge is 2.28. The maximum atomic E-state index is 13.6. The summed E-state index contributed by atoms with van der Waals surface area (Å²) in [5.74, 6) is -0.194. The molecule has 1 amide bonds. The number of carbonyl (C=O) groups excluding carboxylic acids is 1. The fourth-order valence-electron chi connectivity index (χ4n) is 2.03. The van der Waals surface area contributed by atoms with Gasteiger partial charge in [0.25, 0.3) is 0 Å². The lowest BCUT2D eigenvalue weighted by atomic mass is 10.2. The van der Waals surface area contributed by atoms with Crippen LogP contribution >= 0.6 is 0 Å². The molecule has 7 heteroatoms. The van der Waals surface area contributed by atoms with Crippen molar-refractivity contribution in [1.29, 1.82) is 0 Å². The molecule has 126 valence electrons. The van der Waals surface area contributed by atoms with Crippen molar-refractivity contribution in [2.24, 2.45) is 10.9 Å². The molecule has 3 N–H and O–H groups in total. The molecule has 1 aromatic carbocycles. The number of hydrogen-bond acceptors (Lipinski definition) is 2. The Morgan fingerprint density at radius 3 is 2.65 bits per heavy atom. The largest absolute Gasteiger partial charge is 0.357 e. The van der Waals surface area contributed by atoms with Gasteiger partial charge in [-0.1, -0.05) is 0 Å². The number of guanidine groups is 1. The van der Waals surface area contributed by atoms with Crippen LogP contribution in [0.25, 0.3) is 0 Å². The Labute approximate surface area is 134 Å². The van der Waals surface area contributed by atoms with Gasteiger partial charge < -0.3 is 16.0 Å². The van der Waals surface area contributed by atoms with E-state index in [1.807, 2.05) is 6.92 Å². The number of hydrogen-bond donors (Lipinski definition) is 3. The molecule has 0 atom stereocenters. The molecular formula is C16H22F2N4O. The third-order valence-electron chi connectivity index (χ3n) is 3.42. The first-order chi connectivity index (χ1) is 11.1. The van der Waals surface area contributed by atoms with Crippen LogP contribution in [0.2, 0.25) is 0 Å². The van der Waals surface area contributed by atoms with E-state index in [1.165, 1.54) is 0 Å². The number of rotatable bonds is 7. The molecule has 1 aliphatic carbocycles.